The molecule has 19 heteroatoms. The van der Waals surface area contributed by atoms with Crippen molar-refractivity contribution in [1.29, 1.82) is 0 Å². The Bertz CT molecular complexity index is 1740. The average molecular weight is 675 g/mol. The highest BCUT2D eigenvalue weighted by Crippen LogP contribution is 2.24. The second-order valence-electron chi connectivity index (χ2n) is 12.2. The zero-order chi connectivity index (χ0) is 35.0. The van der Waals surface area contributed by atoms with Gasteiger partial charge in [-0.1, -0.05) is 12.1 Å². The third-order valence-electron chi connectivity index (χ3n) is 8.73. The fraction of sp³-hybridized carbons (Fsp3) is 0.367. The van der Waals surface area contributed by atoms with E-state index in [0.29, 0.717) is 21.6 Å². The van der Waals surface area contributed by atoms with Gasteiger partial charge in [0, 0.05) is 49.0 Å². The normalized spacial score (nSPS) is 20.3. The van der Waals surface area contributed by atoms with Crippen LogP contribution >= 0.6 is 0 Å². The summed E-state index contributed by atoms with van der Waals surface area (Å²) in [6, 6.07) is 6.14. The van der Waals surface area contributed by atoms with Crippen molar-refractivity contribution in [2.24, 2.45) is 5.73 Å². The standard InChI is InChI=1S/C30H31B2N5O12/c33-24(38)10-19(11-27(41)49-37-25(39)5-6-26(37)40)34-29(43)23-9-20(35-28(42)15-1-3-17-13-47-31(45)21(17)7-15)12-36(23)30(44)16-2-4-18-14-48-32(46)22(18)8-16/h1-4,7-8,19-20,23,45-46H,5-6,9-14H2,(H2,33,38)(H,34,43)(H,35,42)/t19-,20+,23-/m0/s1. The molecule has 0 aromatic heterocycles. The number of imide groups is 1. The first-order valence-corrected chi connectivity index (χ1v) is 15.5. The molecule has 4 aliphatic heterocycles. The van der Waals surface area contributed by atoms with Crippen molar-refractivity contribution < 1.29 is 57.8 Å². The number of nitrogens with two attached hydrogens (primary N) is 1. The average Bonchev–Trinajstić information content (AvgIpc) is 3.83. The summed E-state index contributed by atoms with van der Waals surface area (Å²) in [7, 11) is -2.40. The van der Waals surface area contributed by atoms with E-state index in [4.69, 9.17) is 19.9 Å². The zero-order valence-electron chi connectivity index (χ0n) is 26.0. The van der Waals surface area contributed by atoms with Gasteiger partial charge in [-0.05, 0) is 52.7 Å². The minimum atomic E-state index is -1.23. The molecule has 2 aromatic rings. The monoisotopic (exact) mass is 675 g/mol. The topological polar surface area (TPSA) is 244 Å². The Labute approximate surface area is 279 Å². The molecule has 6 rings (SSSR count). The van der Waals surface area contributed by atoms with E-state index in [-0.39, 0.29) is 50.1 Å². The van der Waals surface area contributed by atoms with Gasteiger partial charge in [0.2, 0.25) is 11.8 Å². The van der Waals surface area contributed by atoms with Crippen LogP contribution in [0.15, 0.2) is 36.4 Å². The number of hydrogen-bond donors (Lipinski definition) is 5. The van der Waals surface area contributed by atoms with E-state index in [2.05, 4.69) is 10.6 Å². The predicted octanol–water partition coefficient (Wildman–Crippen LogP) is -3.51. The molecule has 254 valence electrons. The van der Waals surface area contributed by atoms with Crippen LogP contribution in [0, 0.1) is 0 Å². The molecular weight excluding hydrogens is 644 g/mol. The molecule has 4 aliphatic rings. The lowest BCUT2D eigenvalue weighted by atomic mass is 9.78. The Morgan fingerprint density at radius 1 is 0.918 bits per heavy atom. The third-order valence-corrected chi connectivity index (χ3v) is 8.73. The second-order valence-corrected chi connectivity index (χ2v) is 12.2. The molecule has 0 saturated carbocycles. The minimum Gasteiger partial charge on any atom is -0.423 e. The van der Waals surface area contributed by atoms with Crippen molar-refractivity contribution >= 4 is 66.6 Å². The van der Waals surface area contributed by atoms with E-state index in [0.717, 1.165) is 5.56 Å². The molecule has 6 amide bonds. The van der Waals surface area contributed by atoms with E-state index in [9.17, 15) is 43.6 Å². The lowest BCUT2D eigenvalue weighted by Crippen LogP contribution is -2.50. The summed E-state index contributed by atoms with van der Waals surface area (Å²) in [6.45, 7) is 0.240. The molecule has 3 atom stereocenters. The molecule has 6 N–H and O–H groups in total. The first kappa shape index (κ1) is 33.8. The minimum absolute atomic E-state index is 0.0683. The van der Waals surface area contributed by atoms with Crippen molar-refractivity contribution in [3.05, 3.63) is 58.7 Å². The van der Waals surface area contributed by atoms with E-state index < -0.39 is 86.6 Å². The Balaban J connectivity index is 1.20. The summed E-state index contributed by atoms with van der Waals surface area (Å²) in [5.74, 6) is -5.29. The first-order valence-electron chi connectivity index (χ1n) is 15.5. The maximum atomic E-state index is 13.9. The van der Waals surface area contributed by atoms with Gasteiger partial charge >= 0.3 is 20.2 Å². The Morgan fingerprint density at radius 2 is 1.51 bits per heavy atom. The van der Waals surface area contributed by atoms with Gasteiger partial charge in [-0.15, -0.1) is 5.06 Å². The van der Waals surface area contributed by atoms with Gasteiger partial charge in [0.25, 0.3) is 23.6 Å². The van der Waals surface area contributed by atoms with Crippen molar-refractivity contribution in [3.8, 4) is 0 Å². The molecule has 2 aromatic carbocycles. The summed E-state index contributed by atoms with van der Waals surface area (Å²) in [5.41, 5.74) is 7.99. The summed E-state index contributed by atoms with van der Waals surface area (Å²) < 4.78 is 10.4. The fourth-order valence-electron chi connectivity index (χ4n) is 6.26. The molecule has 4 heterocycles. The molecule has 0 bridgehead atoms. The van der Waals surface area contributed by atoms with Crippen LogP contribution in [0.5, 0.6) is 0 Å². The highest BCUT2D eigenvalue weighted by atomic mass is 16.7. The van der Waals surface area contributed by atoms with E-state index in [1.807, 2.05) is 0 Å². The van der Waals surface area contributed by atoms with Gasteiger partial charge in [-0.2, -0.15) is 0 Å². The molecule has 2 saturated heterocycles. The fourth-order valence-corrected chi connectivity index (χ4v) is 6.26. The van der Waals surface area contributed by atoms with Crippen LogP contribution in [0.3, 0.4) is 0 Å². The summed E-state index contributed by atoms with van der Waals surface area (Å²) >= 11 is 0. The highest BCUT2D eigenvalue weighted by molar-refractivity contribution is 6.62. The van der Waals surface area contributed by atoms with Gasteiger partial charge in [0.05, 0.1) is 19.6 Å². The van der Waals surface area contributed by atoms with Crippen molar-refractivity contribution in [2.45, 2.75) is 63.4 Å². The molecule has 0 radical (unpaired) electrons. The number of primary amides is 1. The Kier molecular flexibility index (Phi) is 9.51. The second kappa shape index (κ2) is 13.8. The van der Waals surface area contributed by atoms with Crippen LogP contribution in [-0.4, -0.2) is 100 Å². The highest BCUT2D eigenvalue weighted by Gasteiger charge is 2.42. The number of rotatable bonds is 10. The third kappa shape index (κ3) is 7.19. The largest absolute Gasteiger partial charge is 0.491 e. The first-order chi connectivity index (χ1) is 23.4. The molecule has 49 heavy (non-hydrogen) atoms. The van der Waals surface area contributed by atoms with Gasteiger partial charge in [0.1, 0.15) is 6.04 Å². The van der Waals surface area contributed by atoms with Crippen molar-refractivity contribution in [3.63, 3.8) is 0 Å². The lowest BCUT2D eigenvalue weighted by molar-refractivity contribution is -0.197. The van der Waals surface area contributed by atoms with E-state index >= 15 is 0 Å². The number of fused-ring (bicyclic) bond motifs is 2. The van der Waals surface area contributed by atoms with Crippen LogP contribution < -0.4 is 27.3 Å². The molecule has 0 aliphatic carbocycles. The number of carbonyl (C=O) groups excluding carboxylic acids is 7. The van der Waals surface area contributed by atoms with Crippen LogP contribution in [0.4, 0.5) is 0 Å². The van der Waals surface area contributed by atoms with Gasteiger partial charge in [0.15, 0.2) is 0 Å². The van der Waals surface area contributed by atoms with E-state index in [1.165, 1.54) is 23.1 Å². The number of amides is 6. The predicted molar refractivity (Wildman–Crippen MR) is 166 cm³/mol. The van der Waals surface area contributed by atoms with Gasteiger partial charge in [-0.25, -0.2) is 4.79 Å². The van der Waals surface area contributed by atoms with Crippen LogP contribution in [0.1, 0.15) is 63.9 Å². The SMILES string of the molecule is NC(=O)C[C@@H](CC(=O)ON1C(=O)CCC1=O)NC(=O)[C@@H]1C[C@@H](NC(=O)c2ccc3c(c2)B(O)OC3)CN1C(=O)c1ccc2c(c1)B(O)OC2. The number of carbonyl (C=O) groups is 7. The maximum absolute atomic E-state index is 13.9. The van der Waals surface area contributed by atoms with Gasteiger partial charge in [-0.3, -0.25) is 28.8 Å². The molecule has 2 fully saturated rings. The van der Waals surface area contributed by atoms with Gasteiger partial charge < -0.3 is 45.5 Å². The van der Waals surface area contributed by atoms with Crippen LogP contribution in [0.25, 0.3) is 0 Å². The van der Waals surface area contributed by atoms with Crippen molar-refractivity contribution in [1.82, 2.24) is 20.6 Å². The van der Waals surface area contributed by atoms with E-state index in [1.54, 1.807) is 18.2 Å². The molecular formula is C30H31B2N5O12. The van der Waals surface area contributed by atoms with Crippen LogP contribution in [-0.2, 0) is 51.3 Å². The van der Waals surface area contributed by atoms with Crippen LogP contribution in [0.2, 0.25) is 0 Å². The lowest BCUT2D eigenvalue weighted by Gasteiger charge is -2.26. The number of hydroxylamine groups is 2. The Morgan fingerprint density at radius 3 is 2.12 bits per heavy atom. The number of benzene rings is 2. The Hall–Kier alpha value is -5.10. The molecule has 0 unspecified atom stereocenters. The number of nitrogens with zero attached hydrogens (tertiary/aromatic N) is 2. The molecule has 17 nitrogen and oxygen atoms in total. The smallest absolute Gasteiger partial charge is 0.423 e. The summed E-state index contributed by atoms with van der Waals surface area (Å²) in [6.07, 6.45) is -1.48. The maximum Gasteiger partial charge on any atom is 0.491 e. The number of nitrogens with one attached hydrogen (secondary N) is 2. The quantitative estimate of drug-likeness (QED) is 0.122. The number of hydrogen-bond acceptors (Lipinski definition) is 12. The zero-order valence-corrected chi connectivity index (χ0v) is 26.0. The van der Waals surface area contributed by atoms with Crippen molar-refractivity contribution in [2.75, 3.05) is 6.54 Å². The summed E-state index contributed by atoms with van der Waals surface area (Å²) in [4.78, 5) is 95.3. The number of likely N-dealkylation sites (tertiary alicyclic amines) is 1. The molecule has 0 spiro atoms. The summed E-state index contributed by atoms with van der Waals surface area (Å²) in [5, 5.41) is 26.0.